The van der Waals surface area contributed by atoms with Crippen molar-refractivity contribution in [2.24, 2.45) is 5.92 Å². The lowest BCUT2D eigenvalue weighted by molar-refractivity contribution is -0.130. The van der Waals surface area contributed by atoms with Crippen molar-refractivity contribution in [3.05, 3.63) is 23.2 Å². The molecule has 6 nitrogen and oxygen atoms in total. The molecule has 1 saturated heterocycles. The van der Waals surface area contributed by atoms with Crippen molar-refractivity contribution in [1.29, 1.82) is 0 Å². The first-order valence-corrected chi connectivity index (χ1v) is 10.0. The minimum absolute atomic E-state index is 0.195. The maximum absolute atomic E-state index is 12.5. The van der Waals surface area contributed by atoms with Crippen molar-refractivity contribution < 1.29 is 17.9 Å². The highest BCUT2D eigenvalue weighted by molar-refractivity contribution is 7.92. The van der Waals surface area contributed by atoms with Crippen molar-refractivity contribution >= 4 is 33.2 Å². The van der Waals surface area contributed by atoms with E-state index in [0.29, 0.717) is 35.5 Å². The Morgan fingerprint density at radius 2 is 2.00 bits per heavy atom. The Morgan fingerprint density at radius 1 is 1.38 bits per heavy atom. The van der Waals surface area contributed by atoms with Crippen LogP contribution in [0.3, 0.4) is 0 Å². The van der Waals surface area contributed by atoms with E-state index in [9.17, 15) is 13.2 Å². The highest BCUT2D eigenvalue weighted by Gasteiger charge is 2.26. The standard InChI is InChI=1S/C16H23ClN2O4S/c1-12-6-8-18(9-7-12)16(20)11-19(24(3,21)22)13-4-5-15(23-2)14(17)10-13/h4-5,10,12H,6-9,11H2,1-3H3. The summed E-state index contributed by atoms with van der Waals surface area (Å²) in [6, 6.07) is 4.66. The summed E-state index contributed by atoms with van der Waals surface area (Å²) in [6.45, 7) is 3.27. The van der Waals surface area contributed by atoms with Gasteiger partial charge in [-0.05, 0) is 37.0 Å². The van der Waals surface area contributed by atoms with E-state index in [1.165, 1.54) is 13.2 Å². The summed E-state index contributed by atoms with van der Waals surface area (Å²) in [5, 5.41) is 0.294. The number of methoxy groups -OCH3 is 1. The molecule has 1 amide bonds. The molecular weight excluding hydrogens is 352 g/mol. The smallest absolute Gasteiger partial charge is 0.243 e. The molecule has 0 saturated carbocycles. The second-order valence-electron chi connectivity index (χ2n) is 6.15. The monoisotopic (exact) mass is 374 g/mol. The van der Waals surface area contributed by atoms with Gasteiger partial charge in [-0.15, -0.1) is 0 Å². The number of hydrogen-bond donors (Lipinski definition) is 0. The molecule has 1 aliphatic heterocycles. The van der Waals surface area contributed by atoms with E-state index >= 15 is 0 Å². The van der Waals surface area contributed by atoms with Gasteiger partial charge in [0.05, 0.1) is 24.1 Å². The van der Waals surface area contributed by atoms with Crippen molar-refractivity contribution in [2.75, 3.05) is 37.3 Å². The summed E-state index contributed by atoms with van der Waals surface area (Å²) >= 11 is 6.08. The van der Waals surface area contributed by atoms with E-state index in [1.807, 2.05) is 0 Å². The predicted octanol–water partition coefficient (Wildman–Crippen LogP) is 2.37. The quantitative estimate of drug-likeness (QED) is 0.793. The summed E-state index contributed by atoms with van der Waals surface area (Å²) in [7, 11) is -2.13. The second kappa shape index (κ2) is 7.61. The van der Waals surface area contributed by atoms with Crippen LogP contribution in [0.5, 0.6) is 5.75 Å². The fourth-order valence-corrected chi connectivity index (χ4v) is 3.78. The third-order valence-electron chi connectivity index (χ3n) is 4.24. The van der Waals surface area contributed by atoms with Crippen molar-refractivity contribution in [3.63, 3.8) is 0 Å². The Kier molecular flexibility index (Phi) is 5.98. The molecule has 0 aromatic heterocycles. The summed E-state index contributed by atoms with van der Waals surface area (Å²) in [5.74, 6) is 0.852. The number of piperidine rings is 1. The van der Waals surface area contributed by atoms with Gasteiger partial charge >= 0.3 is 0 Å². The topological polar surface area (TPSA) is 66.9 Å². The van der Waals surface area contributed by atoms with Gasteiger partial charge in [-0.2, -0.15) is 0 Å². The molecule has 0 N–H and O–H groups in total. The Balaban J connectivity index is 2.20. The number of carbonyl (C=O) groups is 1. The number of sulfonamides is 1. The van der Waals surface area contributed by atoms with Crippen LogP contribution in [0.2, 0.25) is 5.02 Å². The number of nitrogens with zero attached hydrogens (tertiary/aromatic N) is 2. The van der Waals surface area contributed by atoms with Gasteiger partial charge < -0.3 is 9.64 Å². The summed E-state index contributed by atoms with van der Waals surface area (Å²) < 4.78 is 30.5. The molecule has 2 rings (SSSR count). The third-order valence-corrected chi connectivity index (χ3v) is 5.67. The zero-order valence-electron chi connectivity index (χ0n) is 14.2. The van der Waals surface area contributed by atoms with E-state index in [-0.39, 0.29) is 12.5 Å². The highest BCUT2D eigenvalue weighted by Crippen LogP contribution is 2.30. The predicted molar refractivity (Wildman–Crippen MR) is 95.2 cm³/mol. The third kappa shape index (κ3) is 4.54. The van der Waals surface area contributed by atoms with Gasteiger partial charge in [-0.25, -0.2) is 8.42 Å². The molecule has 1 heterocycles. The molecule has 24 heavy (non-hydrogen) atoms. The van der Waals surface area contributed by atoms with Crippen LogP contribution in [-0.2, 0) is 14.8 Å². The van der Waals surface area contributed by atoms with Crippen LogP contribution in [0.15, 0.2) is 18.2 Å². The molecule has 1 aromatic rings. The molecule has 0 atom stereocenters. The molecule has 1 fully saturated rings. The molecule has 0 spiro atoms. The van der Waals surface area contributed by atoms with E-state index in [2.05, 4.69) is 6.92 Å². The number of carbonyl (C=O) groups excluding carboxylic acids is 1. The van der Waals surface area contributed by atoms with Crippen LogP contribution in [0.1, 0.15) is 19.8 Å². The number of hydrogen-bond acceptors (Lipinski definition) is 4. The normalized spacial score (nSPS) is 16.1. The van der Waals surface area contributed by atoms with Crippen molar-refractivity contribution in [3.8, 4) is 5.75 Å². The number of likely N-dealkylation sites (tertiary alicyclic amines) is 1. The van der Waals surface area contributed by atoms with Crippen LogP contribution in [0, 0.1) is 5.92 Å². The summed E-state index contributed by atoms with van der Waals surface area (Å²) in [4.78, 5) is 14.2. The van der Waals surface area contributed by atoms with Crippen molar-refractivity contribution in [1.82, 2.24) is 4.90 Å². The largest absolute Gasteiger partial charge is 0.495 e. The number of anilines is 1. The van der Waals surface area contributed by atoms with Crippen LogP contribution >= 0.6 is 11.6 Å². The molecular formula is C16H23ClN2O4S. The minimum atomic E-state index is -3.61. The molecule has 1 aliphatic rings. The first kappa shape index (κ1) is 18.9. The van der Waals surface area contributed by atoms with Gasteiger partial charge in [-0.1, -0.05) is 18.5 Å². The zero-order chi connectivity index (χ0) is 17.9. The summed E-state index contributed by atoms with van der Waals surface area (Å²) in [6.07, 6.45) is 2.97. The van der Waals surface area contributed by atoms with Crippen LogP contribution in [0.25, 0.3) is 0 Å². The Bertz CT molecular complexity index is 700. The average molecular weight is 375 g/mol. The van der Waals surface area contributed by atoms with Gasteiger partial charge in [0.2, 0.25) is 15.9 Å². The lowest BCUT2D eigenvalue weighted by Crippen LogP contribution is -2.45. The first-order chi connectivity index (χ1) is 11.2. The maximum Gasteiger partial charge on any atom is 0.243 e. The molecule has 0 bridgehead atoms. The van der Waals surface area contributed by atoms with E-state index < -0.39 is 10.0 Å². The zero-order valence-corrected chi connectivity index (χ0v) is 15.7. The van der Waals surface area contributed by atoms with Crippen LogP contribution in [-0.4, -0.2) is 52.2 Å². The Labute approximate surface area is 148 Å². The van der Waals surface area contributed by atoms with E-state index in [1.54, 1.807) is 17.0 Å². The molecule has 0 radical (unpaired) electrons. The molecule has 0 unspecified atom stereocenters. The van der Waals surface area contributed by atoms with E-state index in [0.717, 1.165) is 23.4 Å². The van der Waals surface area contributed by atoms with Gasteiger partial charge in [0, 0.05) is 13.1 Å². The van der Waals surface area contributed by atoms with Gasteiger partial charge in [0.1, 0.15) is 12.3 Å². The first-order valence-electron chi connectivity index (χ1n) is 7.81. The summed E-state index contributed by atoms with van der Waals surface area (Å²) in [5.41, 5.74) is 0.349. The lowest BCUT2D eigenvalue weighted by Gasteiger charge is -2.32. The van der Waals surface area contributed by atoms with Gasteiger partial charge in [0.15, 0.2) is 0 Å². The highest BCUT2D eigenvalue weighted by atomic mass is 35.5. The lowest BCUT2D eigenvalue weighted by atomic mass is 9.99. The second-order valence-corrected chi connectivity index (χ2v) is 8.47. The van der Waals surface area contributed by atoms with Crippen molar-refractivity contribution in [2.45, 2.75) is 19.8 Å². The SMILES string of the molecule is COc1ccc(N(CC(=O)N2CCC(C)CC2)S(C)(=O)=O)cc1Cl. The van der Waals surface area contributed by atoms with Gasteiger partial charge in [-0.3, -0.25) is 9.10 Å². The number of amides is 1. The van der Waals surface area contributed by atoms with Crippen LogP contribution < -0.4 is 9.04 Å². The number of rotatable bonds is 5. The van der Waals surface area contributed by atoms with Crippen LogP contribution in [0.4, 0.5) is 5.69 Å². The minimum Gasteiger partial charge on any atom is -0.495 e. The molecule has 0 aliphatic carbocycles. The maximum atomic E-state index is 12.5. The Morgan fingerprint density at radius 3 is 2.50 bits per heavy atom. The molecule has 8 heteroatoms. The fourth-order valence-electron chi connectivity index (χ4n) is 2.69. The fraction of sp³-hybridized carbons (Fsp3) is 0.562. The number of halogens is 1. The average Bonchev–Trinajstić information content (AvgIpc) is 2.52. The molecule has 134 valence electrons. The molecule has 1 aromatic carbocycles. The van der Waals surface area contributed by atoms with E-state index in [4.69, 9.17) is 16.3 Å². The number of ether oxygens (including phenoxy) is 1. The Hall–Kier alpha value is -1.47. The van der Waals surface area contributed by atoms with Gasteiger partial charge in [0.25, 0.3) is 0 Å². The number of benzene rings is 1.